The second-order valence-corrected chi connectivity index (χ2v) is 5.32. The molecular formula is C14H17F2NO2. The van der Waals surface area contributed by atoms with Gasteiger partial charge in [-0.05, 0) is 31.9 Å². The minimum Gasteiger partial charge on any atom is -0.390 e. The lowest BCUT2D eigenvalue weighted by Crippen LogP contribution is -2.44. The van der Waals surface area contributed by atoms with Crippen molar-refractivity contribution in [2.75, 3.05) is 19.6 Å². The molecule has 0 aromatic heterocycles. The number of likely N-dealkylation sites (tertiary alicyclic amines) is 1. The van der Waals surface area contributed by atoms with Gasteiger partial charge in [0.15, 0.2) is 5.78 Å². The number of piperidine rings is 1. The molecule has 0 radical (unpaired) electrons. The first kappa shape index (κ1) is 14.1. The van der Waals surface area contributed by atoms with E-state index in [2.05, 4.69) is 0 Å². The lowest BCUT2D eigenvalue weighted by Gasteiger charge is -2.35. The highest BCUT2D eigenvalue weighted by atomic mass is 19.1. The molecule has 0 unspecified atom stereocenters. The third-order valence-electron chi connectivity index (χ3n) is 3.53. The Kier molecular flexibility index (Phi) is 3.96. The van der Waals surface area contributed by atoms with Gasteiger partial charge in [-0.1, -0.05) is 0 Å². The van der Waals surface area contributed by atoms with Crippen molar-refractivity contribution in [3.05, 3.63) is 35.4 Å². The van der Waals surface area contributed by atoms with Crippen LogP contribution in [0, 0.1) is 11.6 Å². The minimum absolute atomic E-state index is 0.0845. The molecule has 0 aliphatic carbocycles. The van der Waals surface area contributed by atoms with Gasteiger partial charge in [-0.3, -0.25) is 9.69 Å². The summed E-state index contributed by atoms with van der Waals surface area (Å²) in [5.74, 6) is -1.88. The van der Waals surface area contributed by atoms with E-state index in [1.165, 1.54) is 6.07 Å². The molecular weight excluding hydrogens is 252 g/mol. The number of Topliss-reactive ketones (excluding diaryl/α,β-unsaturated/α-hetero) is 1. The number of hydrogen-bond donors (Lipinski definition) is 1. The molecule has 2 rings (SSSR count). The van der Waals surface area contributed by atoms with Gasteiger partial charge in [0.1, 0.15) is 11.6 Å². The van der Waals surface area contributed by atoms with E-state index in [9.17, 15) is 18.7 Å². The fraction of sp³-hybridized carbons (Fsp3) is 0.500. The topological polar surface area (TPSA) is 40.5 Å². The van der Waals surface area contributed by atoms with E-state index >= 15 is 0 Å². The summed E-state index contributed by atoms with van der Waals surface area (Å²) in [6, 6.07) is 2.97. The zero-order chi connectivity index (χ0) is 14.0. The van der Waals surface area contributed by atoms with Crippen LogP contribution >= 0.6 is 0 Å². The Bertz CT molecular complexity index is 478. The summed E-state index contributed by atoms with van der Waals surface area (Å²) >= 11 is 0. The molecule has 1 aromatic carbocycles. The van der Waals surface area contributed by atoms with E-state index in [0.717, 1.165) is 6.07 Å². The van der Waals surface area contributed by atoms with Crippen LogP contribution in [0.15, 0.2) is 18.2 Å². The number of benzene rings is 1. The SMILES string of the molecule is CC1(O)CCN(CC(=O)c2ccc(F)cc2F)CC1. The zero-order valence-corrected chi connectivity index (χ0v) is 10.8. The van der Waals surface area contributed by atoms with Gasteiger partial charge in [-0.15, -0.1) is 0 Å². The molecule has 0 saturated carbocycles. The van der Waals surface area contributed by atoms with Gasteiger partial charge in [0.2, 0.25) is 0 Å². The van der Waals surface area contributed by atoms with Crippen LogP contribution in [0.5, 0.6) is 0 Å². The van der Waals surface area contributed by atoms with Crippen LogP contribution in [0.2, 0.25) is 0 Å². The Morgan fingerprint density at radius 2 is 2.00 bits per heavy atom. The first-order chi connectivity index (χ1) is 8.87. The van der Waals surface area contributed by atoms with Crippen LogP contribution in [-0.2, 0) is 0 Å². The molecule has 1 aliphatic rings. The van der Waals surface area contributed by atoms with Crippen molar-refractivity contribution in [1.82, 2.24) is 4.90 Å². The molecule has 1 fully saturated rings. The Labute approximate surface area is 110 Å². The summed E-state index contributed by atoms with van der Waals surface area (Å²) in [6.07, 6.45) is 1.18. The summed E-state index contributed by atoms with van der Waals surface area (Å²) in [4.78, 5) is 13.8. The molecule has 19 heavy (non-hydrogen) atoms. The smallest absolute Gasteiger partial charge is 0.179 e. The maximum absolute atomic E-state index is 13.5. The van der Waals surface area contributed by atoms with Gasteiger partial charge >= 0.3 is 0 Å². The number of carbonyl (C=O) groups is 1. The van der Waals surface area contributed by atoms with Crippen LogP contribution in [-0.4, -0.2) is 41.0 Å². The van der Waals surface area contributed by atoms with Gasteiger partial charge in [-0.25, -0.2) is 8.78 Å². The number of ketones is 1. The maximum atomic E-state index is 13.5. The second kappa shape index (κ2) is 5.35. The predicted octanol–water partition coefficient (Wildman–Crippen LogP) is 1.99. The molecule has 5 heteroatoms. The van der Waals surface area contributed by atoms with Gasteiger partial charge in [-0.2, -0.15) is 0 Å². The fourth-order valence-corrected chi connectivity index (χ4v) is 2.20. The molecule has 0 spiro atoms. The van der Waals surface area contributed by atoms with E-state index < -0.39 is 17.2 Å². The molecule has 0 bridgehead atoms. The van der Waals surface area contributed by atoms with Gasteiger partial charge in [0.25, 0.3) is 0 Å². The predicted molar refractivity (Wildman–Crippen MR) is 67.0 cm³/mol. The Balaban J connectivity index is 1.98. The molecule has 1 aliphatic heterocycles. The van der Waals surface area contributed by atoms with E-state index in [0.29, 0.717) is 32.0 Å². The van der Waals surface area contributed by atoms with E-state index in [4.69, 9.17) is 0 Å². The first-order valence-corrected chi connectivity index (χ1v) is 6.30. The van der Waals surface area contributed by atoms with E-state index in [-0.39, 0.29) is 17.9 Å². The van der Waals surface area contributed by atoms with Crippen LogP contribution in [0.1, 0.15) is 30.1 Å². The van der Waals surface area contributed by atoms with Gasteiger partial charge < -0.3 is 5.11 Å². The fourth-order valence-electron chi connectivity index (χ4n) is 2.20. The number of aliphatic hydroxyl groups is 1. The molecule has 0 amide bonds. The summed E-state index contributed by atoms with van der Waals surface area (Å²) in [5.41, 5.74) is -0.764. The highest BCUT2D eigenvalue weighted by Gasteiger charge is 2.28. The quantitative estimate of drug-likeness (QED) is 0.853. The molecule has 104 valence electrons. The van der Waals surface area contributed by atoms with Crippen molar-refractivity contribution in [2.24, 2.45) is 0 Å². The third kappa shape index (κ3) is 3.58. The van der Waals surface area contributed by atoms with E-state index in [1.807, 2.05) is 4.90 Å². The number of hydrogen-bond acceptors (Lipinski definition) is 3. The third-order valence-corrected chi connectivity index (χ3v) is 3.53. The minimum atomic E-state index is -0.825. The van der Waals surface area contributed by atoms with Crippen LogP contribution in [0.3, 0.4) is 0 Å². The Morgan fingerprint density at radius 1 is 1.37 bits per heavy atom. The second-order valence-electron chi connectivity index (χ2n) is 5.32. The number of rotatable bonds is 3. The standard InChI is InChI=1S/C14H17F2NO2/c1-14(19)4-6-17(7-5-14)9-13(18)11-3-2-10(15)8-12(11)16/h2-3,8,19H,4-7,9H2,1H3. The average molecular weight is 269 g/mol. The van der Waals surface area contributed by atoms with E-state index in [1.54, 1.807) is 6.92 Å². The molecule has 1 heterocycles. The van der Waals surface area contributed by atoms with Crippen LogP contribution in [0.4, 0.5) is 8.78 Å². The van der Waals surface area contributed by atoms with Crippen LogP contribution in [0.25, 0.3) is 0 Å². The molecule has 1 saturated heterocycles. The van der Waals surface area contributed by atoms with Crippen LogP contribution < -0.4 is 0 Å². The monoisotopic (exact) mass is 269 g/mol. The van der Waals surface area contributed by atoms with Gasteiger partial charge in [0.05, 0.1) is 17.7 Å². The molecule has 1 aromatic rings. The van der Waals surface area contributed by atoms with Crippen molar-refractivity contribution >= 4 is 5.78 Å². The van der Waals surface area contributed by atoms with Crippen molar-refractivity contribution in [3.8, 4) is 0 Å². The number of carbonyl (C=O) groups excluding carboxylic acids is 1. The number of nitrogens with zero attached hydrogens (tertiary/aromatic N) is 1. The lowest BCUT2D eigenvalue weighted by atomic mass is 9.93. The molecule has 1 N–H and O–H groups in total. The average Bonchev–Trinajstić information content (AvgIpc) is 2.31. The van der Waals surface area contributed by atoms with Crippen molar-refractivity contribution in [3.63, 3.8) is 0 Å². The zero-order valence-electron chi connectivity index (χ0n) is 10.8. The Morgan fingerprint density at radius 3 is 2.58 bits per heavy atom. The summed E-state index contributed by atoms with van der Waals surface area (Å²) in [6.45, 7) is 3.06. The van der Waals surface area contributed by atoms with Crippen molar-refractivity contribution in [1.29, 1.82) is 0 Å². The largest absolute Gasteiger partial charge is 0.390 e. The molecule has 0 atom stereocenters. The maximum Gasteiger partial charge on any atom is 0.179 e. The van der Waals surface area contributed by atoms with Gasteiger partial charge in [0, 0.05) is 19.2 Å². The highest BCUT2D eigenvalue weighted by Crippen LogP contribution is 2.21. The normalized spacial score (nSPS) is 19.4. The summed E-state index contributed by atoms with van der Waals surface area (Å²) < 4.78 is 26.2. The van der Waals surface area contributed by atoms with Crippen molar-refractivity contribution in [2.45, 2.75) is 25.4 Å². The summed E-state index contributed by atoms with van der Waals surface area (Å²) in [7, 11) is 0. The summed E-state index contributed by atoms with van der Waals surface area (Å²) in [5, 5.41) is 9.80. The Hall–Kier alpha value is -1.33. The first-order valence-electron chi connectivity index (χ1n) is 6.30. The lowest BCUT2D eigenvalue weighted by molar-refractivity contribution is -0.00423. The highest BCUT2D eigenvalue weighted by molar-refractivity contribution is 5.97. The molecule has 3 nitrogen and oxygen atoms in total. The number of halogens is 2. The van der Waals surface area contributed by atoms with Crippen molar-refractivity contribution < 1.29 is 18.7 Å².